The van der Waals surface area contributed by atoms with Gasteiger partial charge in [0.2, 0.25) is 5.91 Å². The smallest absolute Gasteiger partial charge is 0.319 e. The Morgan fingerprint density at radius 1 is 1.17 bits per heavy atom. The largest absolute Gasteiger partial charge is 0.338 e. The predicted octanol–water partition coefficient (Wildman–Crippen LogP) is 3.44. The number of anilines is 1. The molecule has 0 spiro atoms. The van der Waals surface area contributed by atoms with E-state index in [-0.39, 0.29) is 18.0 Å². The summed E-state index contributed by atoms with van der Waals surface area (Å²) in [5.41, 5.74) is 3.26. The van der Waals surface area contributed by atoms with E-state index in [2.05, 4.69) is 33.9 Å². The van der Waals surface area contributed by atoms with Crippen LogP contribution in [-0.4, -0.2) is 47.4 Å². The number of fused-ring (bicyclic) bond motifs is 1. The Hall–Kier alpha value is -2.38. The number of thiophene rings is 1. The van der Waals surface area contributed by atoms with Gasteiger partial charge in [-0.2, -0.15) is 0 Å². The van der Waals surface area contributed by atoms with Crippen molar-refractivity contribution >= 4 is 29.0 Å². The second-order valence-electron chi connectivity index (χ2n) is 7.89. The number of carbonyl (C=O) groups is 2. The molecule has 0 bridgehead atoms. The van der Waals surface area contributed by atoms with Gasteiger partial charge < -0.3 is 15.5 Å². The minimum Gasteiger partial charge on any atom is -0.338 e. The van der Waals surface area contributed by atoms with E-state index in [4.69, 9.17) is 0 Å². The SMILES string of the molecule is CC(CNC(=O)Nc1ccc(CN2CCCC2=O)cc1)N1CCc2sccc2C1. The molecule has 1 unspecified atom stereocenters. The number of nitrogens with zero attached hydrogens (tertiary/aromatic N) is 2. The number of likely N-dealkylation sites (tertiary alicyclic amines) is 1. The van der Waals surface area contributed by atoms with E-state index < -0.39 is 0 Å². The first kappa shape index (κ1) is 19.9. The normalized spacial score (nSPS) is 17.8. The zero-order valence-electron chi connectivity index (χ0n) is 16.8. The summed E-state index contributed by atoms with van der Waals surface area (Å²) in [5, 5.41) is 8.04. The lowest BCUT2D eigenvalue weighted by Gasteiger charge is -2.32. The van der Waals surface area contributed by atoms with Gasteiger partial charge in [-0.15, -0.1) is 11.3 Å². The summed E-state index contributed by atoms with van der Waals surface area (Å²) >= 11 is 1.84. The number of benzene rings is 1. The molecule has 7 heteroatoms. The first-order valence-electron chi connectivity index (χ1n) is 10.3. The van der Waals surface area contributed by atoms with Gasteiger partial charge in [0, 0.05) is 55.8 Å². The van der Waals surface area contributed by atoms with E-state index in [9.17, 15) is 9.59 Å². The Morgan fingerprint density at radius 3 is 2.76 bits per heavy atom. The second kappa shape index (κ2) is 8.97. The van der Waals surface area contributed by atoms with Gasteiger partial charge >= 0.3 is 6.03 Å². The molecule has 6 nitrogen and oxygen atoms in total. The van der Waals surface area contributed by atoms with Crippen LogP contribution in [0.2, 0.25) is 0 Å². The van der Waals surface area contributed by atoms with Crippen molar-refractivity contribution in [1.29, 1.82) is 0 Å². The van der Waals surface area contributed by atoms with Gasteiger partial charge in [-0.05, 0) is 54.5 Å². The highest BCUT2D eigenvalue weighted by atomic mass is 32.1. The molecule has 2 aliphatic heterocycles. The molecular formula is C22H28N4O2S. The van der Waals surface area contributed by atoms with Gasteiger partial charge in [0.1, 0.15) is 0 Å². The van der Waals surface area contributed by atoms with E-state index in [0.717, 1.165) is 43.7 Å². The first-order valence-corrected chi connectivity index (χ1v) is 11.2. The quantitative estimate of drug-likeness (QED) is 0.764. The van der Waals surface area contributed by atoms with Crippen molar-refractivity contribution in [3.8, 4) is 0 Å². The Balaban J connectivity index is 1.22. The molecule has 3 heterocycles. The van der Waals surface area contributed by atoms with Gasteiger partial charge in [0.15, 0.2) is 0 Å². The molecule has 1 aromatic heterocycles. The lowest BCUT2D eigenvalue weighted by atomic mass is 10.1. The van der Waals surface area contributed by atoms with Gasteiger partial charge in [-0.25, -0.2) is 4.79 Å². The van der Waals surface area contributed by atoms with Crippen LogP contribution in [0.5, 0.6) is 0 Å². The molecule has 0 radical (unpaired) electrons. The van der Waals surface area contributed by atoms with E-state index in [1.54, 1.807) is 0 Å². The van der Waals surface area contributed by atoms with Gasteiger partial charge in [-0.3, -0.25) is 9.69 Å². The summed E-state index contributed by atoms with van der Waals surface area (Å²) in [7, 11) is 0. The number of hydrogen-bond donors (Lipinski definition) is 2. The fourth-order valence-corrected chi connectivity index (χ4v) is 4.87. The van der Waals surface area contributed by atoms with Crippen LogP contribution in [0.3, 0.4) is 0 Å². The maximum absolute atomic E-state index is 12.3. The molecule has 0 aliphatic carbocycles. The predicted molar refractivity (Wildman–Crippen MR) is 116 cm³/mol. The van der Waals surface area contributed by atoms with Crippen molar-refractivity contribution in [3.63, 3.8) is 0 Å². The first-order chi connectivity index (χ1) is 14.1. The van der Waals surface area contributed by atoms with Crippen molar-refractivity contribution in [1.82, 2.24) is 15.1 Å². The minimum atomic E-state index is -0.187. The Bertz CT molecular complexity index is 864. The maximum Gasteiger partial charge on any atom is 0.319 e. The molecule has 2 N–H and O–H groups in total. The minimum absolute atomic E-state index is 0.187. The van der Waals surface area contributed by atoms with E-state index in [1.807, 2.05) is 40.5 Å². The molecule has 3 amide bonds. The Labute approximate surface area is 175 Å². The molecule has 29 heavy (non-hydrogen) atoms. The molecule has 1 aromatic carbocycles. The zero-order valence-corrected chi connectivity index (χ0v) is 17.6. The molecule has 154 valence electrons. The van der Waals surface area contributed by atoms with Crippen molar-refractivity contribution < 1.29 is 9.59 Å². The lowest BCUT2D eigenvalue weighted by molar-refractivity contribution is -0.128. The van der Waals surface area contributed by atoms with Crippen molar-refractivity contribution in [2.75, 3.05) is 25.0 Å². The number of urea groups is 1. The molecule has 1 atom stereocenters. The fourth-order valence-electron chi connectivity index (χ4n) is 3.98. The highest BCUT2D eigenvalue weighted by Crippen LogP contribution is 2.25. The van der Waals surface area contributed by atoms with Crippen molar-refractivity contribution in [2.24, 2.45) is 0 Å². The van der Waals surface area contributed by atoms with Gasteiger partial charge in [-0.1, -0.05) is 12.1 Å². The number of rotatable bonds is 6. The Kier molecular flexibility index (Phi) is 6.16. The molecule has 2 aliphatic rings. The van der Waals surface area contributed by atoms with Crippen molar-refractivity contribution in [3.05, 3.63) is 51.7 Å². The topological polar surface area (TPSA) is 64.7 Å². The number of amides is 3. The van der Waals surface area contributed by atoms with Gasteiger partial charge in [0.05, 0.1) is 0 Å². The van der Waals surface area contributed by atoms with Crippen LogP contribution in [0.25, 0.3) is 0 Å². The highest BCUT2D eigenvalue weighted by molar-refractivity contribution is 7.10. The molecule has 4 rings (SSSR count). The number of nitrogens with one attached hydrogen (secondary N) is 2. The Morgan fingerprint density at radius 2 is 2.00 bits per heavy atom. The maximum atomic E-state index is 12.3. The molecule has 2 aromatic rings. The average Bonchev–Trinajstić information content (AvgIpc) is 3.36. The summed E-state index contributed by atoms with van der Waals surface area (Å²) in [5.74, 6) is 0.227. The standard InChI is InChI=1S/C22H28N4O2S/c1-16(25-11-8-20-18(15-25)9-12-29-20)13-23-22(28)24-19-6-4-17(5-7-19)14-26-10-2-3-21(26)27/h4-7,9,12,16H,2-3,8,10-11,13-15H2,1H3,(H2,23,24,28). The summed E-state index contributed by atoms with van der Waals surface area (Å²) < 4.78 is 0. The average molecular weight is 413 g/mol. The zero-order chi connectivity index (χ0) is 20.2. The number of hydrogen-bond acceptors (Lipinski definition) is 4. The van der Waals surface area contributed by atoms with Crippen LogP contribution in [-0.2, 0) is 24.3 Å². The lowest BCUT2D eigenvalue weighted by Crippen LogP contribution is -2.45. The highest BCUT2D eigenvalue weighted by Gasteiger charge is 2.22. The van der Waals surface area contributed by atoms with Crippen LogP contribution in [0.4, 0.5) is 10.5 Å². The summed E-state index contributed by atoms with van der Waals surface area (Å²) in [6.07, 6.45) is 2.70. The fraction of sp³-hybridized carbons (Fsp3) is 0.455. The monoisotopic (exact) mass is 412 g/mol. The van der Waals surface area contributed by atoms with Crippen LogP contribution in [0.15, 0.2) is 35.7 Å². The van der Waals surface area contributed by atoms with Crippen LogP contribution in [0.1, 0.15) is 35.8 Å². The van der Waals surface area contributed by atoms with Crippen LogP contribution < -0.4 is 10.6 Å². The van der Waals surface area contributed by atoms with E-state index in [0.29, 0.717) is 19.5 Å². The van der Waals surface area contributed by atoms with Crippen LogP contribution in [0, 0.1) is 0 Å². The van der Waals surface area contributed by atoms with Crippen molar-refractivity contribution in [2.45, 2.75) is 45.3 Å². The third-order valence-corrected chi connectivity index (χ3v) is 6.80. The second-order valence-corrected chi connectivity index (χ2v) is 8.89. The summed E-state index contributed by atoms with van der Waals surface area (Å²) in [6.45, 7) is 6.25. The van der Waals surface area contributed by atoms with E-state index >= 15 is 0 Å². The van der Waals surface area contributed by atoms with Gasteiger partial charge in [0.25, 0.3) is 0 Å². The molecule has 0 saturated carbocycles. The van der Waals surface area contributed by atoms with E-state index in [1.165, 1.54) is 10.4 Å². The third kappa shape index (κ3) is 4.97. The van der Waals surface area contributed by atoms with Crippen LogP contribution >= 0.6 is 11.3 Å². The summed E-state index contributed by atoms with van der Waals surface area (Å²) in [4.78, 5) is 29.8. The molecule has 1 saturated heterocycles. The number of carbonyl (C=O) groups excluding carboxylic acids is 2. The molecular weight excluding hydrogens is 384 g/mol. The third-order valence-electron chi connectivity index (χ3n) is 5.78. The summed E-state index contributed by atoms with van der Waals surface area (Å²) in [6, 6.07) is 10.0. The molecule has 1 fully saturated rings.